The summed E-state index contributed by atoms with van der Waals surface area (Å²) < 4.78 is 10.9. The number of anilines is 1. The Morgan fingerprint density at radius 1 is 0.903 bits per heavy atom. The number of hydrogen-bond acceptors (Lipinski definition) is 5. The van der Waals surface area contributed by atoms with Gasteiger partial charge in [0.05, 0.1) is 16.8 Å². The van der Waals surface area contributed by atoms with Gasteiger partial charge in [-0.25, -0.2) is 4.98 Å². The quantitative estimate of drug-likeness (QED) is 0.475. The molecule has 0 saturated heterocycles. The maximum absolute atomic E-state index is 13.2. The topological polar surface area (TPSA) is 77.5 Å². The van der Waals surface area contributed by atoms with E-state index in [9.17, 15) is 9.59 Å². The van der Waals surface area contributed by atoms with E-state index in [1.807, 2.05) is 42.5 Å². The average Bonchev–Trinajstić information content (AvgIpc) is 3.26. The first-order valence-corrected chi connectivity index (χ1v) is 9.81. The van der Waals surface area contributed by atoms with Gasteiger partial charge in [-0.2, -0.15) is 0 Å². The fraction of sp³-hybridized carbons (Fsp3) is 0.0800. The van der Waals surface area contributed by atoms with E-state index in [1.165, 1.54) is 6.92 Å². The molecule has 2 heterocycles. The van der Waals surface area contributed by atoms with Gasteiger partial charge in [0.2, 0.25) is 6.79 Å². The van der Waals surface area contributed by atoms with Gasteiger partial charge in [-0.15, -0.1) is 0 Å². The van der Waals surface area contributed by atoms with E-state index in [4.69, 9.17) is 14.5 Å². The van der Waals surface area contributed by atoms with Crippen LogP contribution in [0.2, 0.25) is 0 Å². The van der Waals surface area contributed by atoms with Gasteiger partial charge in [0, 0.05) is 22.2 Å². The van der Waals surface area contributed by atoms with E-state index in [1.54, 1.807) is 30.3 Å². The summed E-state index contributed by atoms with van der Waals surface area (Å²) in [7, 11) is 0. The zero-order valence-electron chi connectivity index (χ0n) is 16.7. The molecule has 3 aromatic carbocycles. The summed E-state index contributed by atoms with van der Waals surface area (Å²) >= 11 is 0. The summed E-state index contributed by atoms with van der Waals surface area (Å²) in [6.45, 7) is 1.69. The molecular formula is C25H18N2O4. The SMILES string of the molecule is CC(=O)c1cccc(NC(=O)c2cc(-c3ccc4c(c3)OCO4)nc3ccccc23)c1. The molecule has 6 heteroatoms. The van der Waals surface area contributed by atoms with Crippen molar-refractivity contribution in [2.45, 2.75) is 6.92 Å². The number of hydrogen-bond donors (Lipinski definition) is 1. The predicted octanol–water partition coefficient (Wildman–Crippen LogP) is 5.09. The molecule has 0 fully saturated rings. The number of ketones is 1. The molecule has 4 aromatic rings. The fourth-order valence-corrected chi connectivity index (χ4v) is 3.58. The Morgan fingerprint density at radius 3 is 2.61 bits per heavy atom. The molecule has 5 rings (SSSR count). The van der Waals surface area contributed by atoms with Gasteiger partial charge in [-0.1, -0.05) is 30.3 Å². The molecule has 6 nitrogen and oxygen atoms in total. The number of carbonyl (C=O) groups excluding carboxylic acids is 2. The van der Waals surface area contributed by atoms with Crippen molar-refractivity contribution in [1.82, 2.24) is 4.98 Å². The summed E-state index contributed by atoms with van der Waals surface area (Å²) in [5.74, 6) is 1.00. The number of rotatable bonds is 4. The van der Waals surface area contributed by atoms with Crippen LogP contribution in [0.5, 0.6) is 11.5 Å². The van der Waals surface area contributed by atoms with E-state index in [2.05, 4.69) is 5.32 Å². The van der Waals surface area contributed by atoms with Crippen LogP contribution in [0.3, 0.4) is 0 Å². The first-order chi connectivity index (χ1) is 15.1. The molecule has 1 amide bonds. The number of Topliss-reactive ketones (excluding diaryl/α,β-unsaturated/α-hetero) is 1. The number of pyridine rings is 1. The van der Waals surface area contributed by atoms with Gasteiger partial charge in [-0.05, 0) is 49.4 Å². The van der Waals surface area contributed by atoms with E-state index < -0.39 is 0 Å². The Kier molecular flexibility index (Phi) is 4.59. The first kappa shape index (κ1) is 18.8. The lowest BCUT2D eigenvalue weighted by atomic mass is 10.0. The summed E-state index contributed by atoms with van der Waals surface area (Å²) in [4.78, 5) is 29.6. The summed E-state index contributed by atoms with van der Waals surface area (Å²) in [5, 5.41) is 3.65. The monoisotopic (exact) mass is 410 g/mol. The lowest BCUT2D eigenvalue weighted by molar-refractivity contribution is 0.101. The molecule has 1 aliphatic rings. The van der Waals surface area contributed by atoms with Gasteiger partial charge < -0.3 is 14.8 Å². The number of nitrogens with one attached hydrogen (secondary N) is 1. The largest absolute Gasteiger partial charge is 0.454 e. The van der Waals surface area contributed by atoms with Crippen LogP contribution >= 0.6 is 0 Å². The standard InChI is InChI=1S/C25H18N2O4/c1-15(28)16-5-4-6-18(11-16)26-25(29)20-13-22(27-21-8-3-2-7-19(20)21)17-9-10-23-24(12-17)31-14-30-23/h2-13H,14H2,1H3,(H,26,29). The lowest BCUT2D eigenvalue weighted by Gasteiger charge is -2.11. The predicted molar refractivity (Wildman–Crippen MR) is 118 cm³/mol. The molecule has 0 radical (unpaired) electrons. The number of ether oxygens (including phenoxy) is 2. The highest BCUT2D eigenvalue weighted by atomic mass is 16.7. The molecule has 0 atom stereocenters. The van der Waals surface area contributed by atoms with Crippen molar-refractivity contribution in [2.75, 3.05) is 12.1 Å². The third-order valence-corrected chi connectivity index (χ3v) is 5.16. The maximum atomic E-state index is 13.2. The van der Waals surface area contributed by atoms with Gasteiger partial charge in [-0.3, -0.25) is 9.59 Å². The number of carbonyl (C=O) groups is 2. The third kappa shape index (κ3) is 3.59. The van der Waals surface area contributed by atoms with Crippen LogP contribution in [-0.4, -0.2) is 23.5 Å². The smallest absolute Gasteiger partial charge is 0.256 e. The Hall–Kier alpha value is -4.19. The molecule has 1 N–H and O–H groups in total. The Balaban J connectivity index is 1.57. The van der Waals surface area contributed by atoms with Crippen molar-refractivity contribution in [2.24, 2.45) is 0 Å². The van der Waals surface area contributed by atoms with Crippen LogP contribution in [0.15, 0.2) is 72.8 Å². The van der Waals surface area contributed by atoms with Gasteiger partial charge in [0.15, 0.2) is 17.3 Å². The van der Waals surface area contributed by atoms with Crippen molar-refractivity contribution in [3.8, 4) is 22.8 Å². The van der Waals surface area contributed by atoms with Crippen LogP contribution in [-0.2, 0) is 0 Å². The molecule has 0 aliphatic carbocycles. The third-order valence-electron chi connectivity index (χ3n) is 5.16. The highest BCUT2D eigenvalue weighted by molar-refractivity contribution is 6.13. The Labute approximate surface area is 178 Å². The molecule has 0 spiro atoms. The molecule has 152 valence electrons. The molecule has 1 aromatic heterocycles. The number of nitrogens with zero attached hydrogens (tertiary/aromatic N) is 1. The second-order valence-corrected chi connectivity index (χ2v) is 7.23. The highest BCUT2D eigenvalue weighted by Gasteiger charge is 2.18. The van der Waals surface area contributed by atoms with Crippen LogP contribution in [0.25, 0.3) is 22.2 Å². The molecule has 0 saturated carbocycles. The first-order valence-electron chi connectivity index (χ1n) is 9.81. The normalized spacial score (nSPS) is 12.0. The summed E-state index contributed by atoms with van der Waals surface area (Å²) in [6, 6.07) is 21.7. The minimum atomic E-state index is -0.277. The minimum Gasteiger partial charge on any atom is -0.454 e. The Morgan fingerprint density at radius 2 is 1.74 bits per heavy atom. The maximum Gasteiger partial charge on any atom is 0.256 e. The van der Waals surface area contributed by atoms with Gasteiger partial charge in [0.25, 0.3) is 5.91 Å². The van der Waals surface area contributed by atoms with E-state index in [0.29, 0.717) is 39.5 Å². The van der Waals surface area contributed by atoms with Crippen molar-refractivity contribution in [1.29, 1.82) is 0 Å². The summed E-state index contributed by atoms with van der Waals surface area (Å²) in [5.41, 5.74) is 3.77. The molecular weight excluding hydrogens is 392 g/mol. The van der Waals surface area contributed by atoms with Crippen molar-refractivity contribution < 1.29 is 19.1 Å². The number of benzene rings is 3. The minimum absolute atomic E-state index is 0.0597. The van der Waals surface area contributed by atoms with Crippen LogP contribution in [0.1, 0.15) is 27.6 Å². The zero-order chi connectivity index (χ0) is 21.4. The second-order valence-electron chi connectivity index (χ2n) is 7.23. The van der Waals surface area contributed by atoms with Crippen LogP contribution < -0.4 is 14.8 Å². The average molecular weight is 410 g/mol. The molecule has 1 aliphatic heterocycles. The van der Waals surface area contributed by atoms with E-state index in [0.717, 1.165) is 10.9 Å². The van der Waals surface area contributed by atoms with Crippen LogP contribution in [0.4, 0.5) is 5.69 Å². The van der Waals surface area contributed by atoms with Crippen LogP contribution in [0, 0.1) is 0 Å². The number of para-hydroxylation sites is 1. The number of aromatic nitrogens is 1. The zero-order valence-corrected chi connectivity index (χ0v) is 16.7. The van der Waals surface area contributed by atoms with Gasteiger partial charge in [0.1, 0.15) is 0 Å². The number of amides is 1. The lowest BCUT2D eigenvalue weighted by Crippen LogP contribution is -2.13. The van der Waals surface area contributed by atoms with Crippen molar-refractivity contribution >= 4 is 28.3 Å². The van der Waals surface area contributed by atoms with Crippen molar-refractivity contribution in [3.63, 3.8) is 0 Å². The van der Waals surface area contributed by atoms with E-state index >= 15 is 0 Å². The second kappa shape index (κ2) is 7.57. The summed E-state index contributed by atoms with van der Waals surface area (Å²) in [6.07, 6.45) is 0. The molecule has 0 unspecified atom stereocenters. The van der Waals surface area contributed by atoms with Crippen molar-refractivity contribution in [3.05, 3.63) is 83.9 Å². The number of fused-ring (bicyclic) bond motifs is 2. The van der Waals surface area contributed by atoms with Gasteiger partial charge >= 0.3 is 0 Å². The highest BCUT2D eigenvalue weighted by Crippen LogP contribution is 2.36. The van der Waals surface area contributed by atoms with E-state index in [-0.39, 0.29) is 18.5 Å². The fourth-order valence-electron chi connectivity index (χ4n) is 3.58. The Bertz CT molecular complexity index is 1350. The molecule has 0 bridgehead atoms. The molecule has 31 heavy (non-hydrogen) atoms.